The molecule has 216 valence electrons. The first-order chi connectivity index (χ1) is 17.6. The number of carbonyl (C=O) groups excluding carboxylic acids is 1. The summed E-state index contributed by atoms with van der Waals surface area (Å²) in [5, 5.41) is 45.5. The van der Waals surface area contributed by atoms with Crippen molar-refractivity contribution >= 4 is 5.97 Å². The van der Waals surface area contributed by atoms with Crippen LogP contribution in [0, 0.1) is 63.6 Å². The van der Waals surface area contributed by atoms with Crippen LogP contribution in [0.3, 0.4) is 0 Å². The minimum Gasteiger partial charge on any atom is -0.459 e. The van der Waals surface area contributed by atoms with Crippen LogP contribution in [-0.2, 0) is 9.53 Å². The van der Waals surface area contributed by atoms with E-state index in [1.165, 1.54) is 13.3 Å². The maximum Gasteiger partial charge on any atom is 0.303 e. The molecule has 0 heterocycles. The van der Waals surface area contributed by atoms with Crippen molar-refractivity contribution in [1.29, 1.82) is 0 Å². The van der Waals surface area contributed by atoms with Crippen LogP contribution in [0.15, 0.2) is 11.6 Å². The quantitative estimate of drug-likeness (QED) is 0.310. The standard InChI is InChI=1S/C32H52O6/c1-15(2)17(4)30(6)14-23(30)16(3)21-9-10-22-26-24(35)12-19-11-20(34)13-25(36)31(19,7)27(26)28(37)29(32(21,22)8)38-18(5)33/h12,15-17,20-29,34-37H,9-11,13-14H2,1-8H3/t16-,17+,20+,21+,22-,23?,24+,25-,26+,27+,28-,29+,30?,31+,32+/m0/s1. The molecule has 0 spiro atoms. The molecule has 4 saturated carbocycles. The van der Waals surface area contributed by atoms with Gasteiger partial charge >= 0.3 is 5.97 Å². The first kappa shape index (κ1) is 28.6. The maximum atomic E-state index is 12.5. The van der Waals surface area contributed by atoms with Crippen molar-refractivity contribution in [3.63, 3.8) is 0 Å². The molecule has 0 aliphatic heterocycles. The number of rotatable bonds is 5. The largest absolute Gasteiger partial charge is 0.459 e. The first-order valence-corrected chi connectivity index (χ1v) is 15.2. The van der Waals surface area contributed by atoms with E-state index in [1.807, 2.05) is 13.0 Å². The SMILES string of the molecule is CC(=O)O[C@@H]1[C@@H](O)[C@H]2[C@@H]([C@H](O)C=C3C[C@@H](O)C[C@H](O)[C@@]32C)[C@@H]2CC[C@H]([C@H](C)C3CC3(C)[C@H](C)C(C)C)[C@@]12C. The van der Waals surface area contributed by atoms with E-state index in [0.717, 1.165) is 18.4 Å². The molecule has 0 aromatic carbocycles. The van der Waals surface area contributed by atoms with Gasteiger partial charge in [-0.15, -0.1) is 0 Å². The van der Waals surface area contributed by atoms with Gasteiger partial charge in [0.05, 0.1) is 24.4 Å². The monoisotopic (exact) mass is 532 g/mol. The highest BCUT2D eigenvalue weighted by Crippen LogP contribution is 2.71. The third-order valence-electron chi connectivity index (χ3n) is 13.3. The molecule has 0 aromatic heterocycles. The van der Waals surface area contributed by atoms with Crippen LogP contribution in [0.4, 0.5) is 0 Å². The Labute approximate surface area is 229 Å². The Hall–Kier alpha value is -0.950. The van der Waals surface area contributed by atoms with Crippen molar-refractivity contribution in [2.75, 3.05) is 0 Å². The third kappa shape index (κ3) is 3.83. The zero-order chi connectivity index (χ0) is 28.1. The van der Waals surface area contributed by atoms with Gasteiger partial charge < -0.3 is 25.2 Å². The second-order valence-electron chi connectivity index (χ2n) is 15.1. The Morgan fingerprint density at radius 1 is 1.03 bits per heavy atom. The molecule has 0 radical (unpaired) electrons. The van der Waals surface area contributed by atoms with Gasteiger partial charge in [-0.1, -0.05) is 60.1 Å². The smallest absolute Gasteiger partial charge is 0.303 e. The van der Waals surface area contributed by atoms with Crippen LogP contribution >= 0.6 is 0 Å². The van der Waals surface area contributed by atoms with Crippen molar-refractivity contribution in [3.05, 3.63) is 11.6 Å². The fraction of sp³-hybridized carbons (Fsp3) is 0.906. The molecule has 0 saturated heterocycles. The highest BCUT2D eigenvalue weighted by atomic mass is 16.6. The summed E-state index contributed by atoms with van der Waals surface area (Å²) in [6, 6.07) is 0. The molecule has 0 aromatic rings. The Bertz CT molecular complexity index is 977. The second kappa shape index (κ2) is 9.29. The van der Waals surface area contributed by atoms with Gasteiger partial charge in [-0.25, -0.2) is 0 Å². The summed E-state index contributed by atoms with van der Waals surface area (Å²) in [6.07, 6.45) is 1.63. The molecule has 2 unspecified atom stereocenters. The molecule has 4 N–H and O–H groups in total. The number of carbonyl (C=O) groups is 1. The van der Waals surface area contributed by atoms with Gasteiger partial charge in [0, 0.05) is 30.1 Å². The van der Waals surface area contributed by atoms with E-state index in [0.29, 0.717) is 35.5 Å². The fourth-order valence-corrected chi connectivity index (χ4v) is 10.8. The van der Waals surface area contributed by atoms with E-state index in [-0.39, 0.29) is 24.2 Å². The highest BCUT2D eigenvalue weighted by molar-refractivity contribution is 5.66. The van der Waals surface area contributed by atoms with Gasteiger partial charge in [0.25, 0.3) is 0 Å². The van der Waals surface area contributed by atoms with Crippen LogP contribution in [0.25, 0.3) is 0 Å². The summed E-state index contributed by atoms with van der Waals surface area (Å²) in [7, 11) is 0. The van der Waals surface area contributed by atoms with E-state index in [1.54, 1.807) is 0 Å². The number of ether oxygens (including phenoxy) is 1. The third-order valence-corrected chi connectivity index (χ3v) is 13.3. The normalized spacial score (nSPS) is 53.3. The average molecular weight is 533 g/mol. The molecule has 5 rings (SSSR count). The number of hydrogen-bond acceptors (Lipinski definition) is 6. The van der Waals surface area contributed by atoms with Crippen LogP contribution in [0.2, 0.25) is 0 Å². The van der Waals surface area contributed by atoms with Crippen LogP contribution in [-0.4, -0.2) is 56.9 Å². The Morgan fingerprint density at radius 3 is 2.29 bits per heavy atom. The molecular weight excluding hydrogens is 480 g/mol. The number of aliphatic hydroxyl groups is 4. The highest BCUT2D eigenvalue weighted by Gasteiger charge is 2.71. The molecule has 6 heteroatoms. The van der Waals surface area contributed by atoms with Crippen LogP contribution in [0.5, 0.6) is 0 Å². The first-order valence-electron chi connectivity index (χ1n) is 15.2. The summed E-state index contributed by atoms with van der Waals surface area (Å²) >= 11 is 0. The second-order valence-corrected chi connectivity index (χ2v) is 15.1. The van der Waals surface area contributed by atoms with Crippen LogP contribution < -0.4 is 0 Å². The molecular formula is C32H52O6. The molecule has 5 aliphatic rings. The predicted molar refractivity (Wildman–Crippen MR) is 146 cm³/mol. The molecule has 38 heavy (non-hydrogen) atoms. The lowest BCUT2D eigenvalue weighted by atomic mass is 9.44. The summed E-state index contributed by atoms with van der Waals surface area (Å²) in [5.41, 5.74) is -0.135. The molecule has 4 fully saturated rings. The maximum absolute atomic E-state index is 12.5. The summed E-state index contributed by atoms with van der Waals surface area (Å²) < 4.78 is 6.08. The van der Waals surface area contributed by atoms with Gasteiger partial charge in [-0.05, 0) is 72.5 Å². The molecule has 0 amide bonds. The van der Waals surface area contributed by atoms with E-state index < -0.39 is 53.2 Å². The minimum absolute atomic E-state index is 0.0592. The summed E-state index contributed by atoms with van der Waals surface area (Å²) in [6.45, 7) is 17.4. The lowest BCUT2D eigenvalue weighted by Gasteiger charge is -2.63. The number of esters is 1. The Morgan fingerprint density at radius 2 is 1.68 bits per heavy atom. The van der Waals surface area contributed by atoms with Gasteiger partial charge in [0.1, 0.15) is 6.10 Å². The number of hydrogen-bond donors (Lipinski definition) is 4. The van der Waals surface area contributed by atoms with Crippen molar-refractivity contribution in [1.82, 2.24) is 0 Å². The summed E-state index contributed by atoms with van der Waals surface area (Å²) in [4.78, 5) is 12.5. The molecule has 0 bridgehead atoms. The summed E-state index contributed by atoms with van der Waals surface area (Å²) in [5.74, 6) is 1.48. The zero-order valence-corrected chi connectivity index (χ0v) is 24.7. The Balaban J connectivity index is 1.55. The van der Waals surface area contributed by atoms with E-state index >= 15 is 0 Å². The van der Waals surface area contributed by atoms with Gasteiger partial charge in [-0.2, -0.15) is 0 Å². The number of fused-ring (bicyclic) bond motifs is 5. The average Bonchev–Trinajstić information content (AvgIpc) is 3.39. The predicted octanol–water partition coefficient (Wildman–Crippen LogP) is 4.33. The van der Waals surface area contributed by atoms with E-state index in [9.17, 15) is 25.2 Å². The molecule has 15 atom stereocenters. The van der Waals surface area contributed by atoms with Gasteiger partial charge in [-0.3, -0.25) is 4.79 Å². The molecule has 5 aliphatic carbocycles. The lowest BCUT2D eigenvalue weighted by molar-refractivity contribution is -0.240. The fourth-order valence-electron chi connectivity index (χ4n) is 10.8. The van der Waals surface area contributed by atoms with Crippen molar-refractivity contribution in [3.8, 4) is 0 Å². The van der Waals surface area contributed by atoms with Crippen molar-refractivity contribution in [2.24, 2.45) is 63.6 Å². The van der Waals surface area contributed by atoms with Gasteiger partial charge in [0.2, 0.25) is 0 Å². The zero-order valence-electron chi connectivity index (χ0n) is 24.7. The van der Waals surface area contributed by atoms with E-state index in [4.69, 9.17) is 4.74 Å². The topological polar surface area (TPSA) is 107 Å². The molecule has 6 nitrogen and oxygen atoms in total. The van der Waals surface area contributed by atoms with Crippen molar-refractivity contribution < 1.29 is 30.0 Å². The Kier molecular flexibility index (Phi) is 6.98. The van der Waals surface area contributed by atoms with Gasteiger partial charge in [0.15, 0.2) is 0 Å². The minimum atomic E-state index is -1.01. The van der Waals surface area contributed by atoms with Crippen LogP contribution in [0.1, 0.15) is 87.5 Å². The lowest BCUT2D eigenvalue weighted by Crippen LogP contribution is -2.68. The number of aliphatic hydroxyl groups excluding tert-OH is 4. The van der Waals surface area contributed by atoms with E-state index in [2.05, 4.69) is 41.5 Å². The van der Waals surface area contributed by atoms with Crippen molar-refractivity contribution in [2.45, 2.75) is 118 Å².